The van der Waals surface area contributed by atoms with Crippen molar-refractivity contribution in [1.29, 1.82) is 0 Å². The lowest BCUT2D eigenvalue weighted by Gasteiger charge is -2.22. The second-order valence-electron chi connectivity index (χ2n) is 7.80. The Morgan fingerprint density at radius 3 is 2.68 bits per heavy atom. The Labute approximate surface area is 185 Å². The first-order valence-corrected chi connectivity index (χ1v) is 11.2. The zero-order chi connectivity index (χ0) is 21.2. The van der Waals surface area contributed by atoms with Crippen LogP contribution in [0.3, 0.4) is 0 Å². The summed E-state index contributed by atoms with van der Waals surface area (Å²) in [6, 6.07) is 20.8. The van der Waals surface area contributed by atoms with Crippen LogP contribution in [0.4, 0.5) is 0 Å². The van der Waals surface area contributed by atoms with Crippen molar-refractivity contribution in [3.05, 3.63) is 94.6 Å². The standard InChI is InChI=1S/C25H24N4OS/c1-18(25-26-12-13-31-25)28(2)16-21-17-29(15-19-8-4-3-5-9-19)27-24(21)23-14-20-10-6-7-11-22(20)30-23/h3-14,17-18H,15-16H2,1-2H3/t18-/m1/s1. The Morgan fingerprint density at radius 1 is 1.10 bits per heavy atom. The van der Waals surface area contributed by atoms with Crippen molar-refractivity contribution in [2.45, 2.75) is 26.1 Å². The lowest BCUT2D eigenvalue weighted by Crippen LogP contribution is -2.21. The van der Waals surface area contributed by atoms with E-state index in [9.17, 15) is 0 Å². The molecule has 156 valence electrons. The third kappa shape index (κ3) is 4.17. The Bertz CT molecular complexity index is 1240. The number of aromatic nitrogens is 3. The summed E-state index contributed by atoms with van der Waals surface area (Å²) in [6.07, 6.45) is 4.00. The van der Waals surface area contributed by atoms with Gasteiger partial charge in [0, 0.05) is 35.3 Å². The molecule has 0 saturated carbocycles. The molecule has 0 radical (unpaired) electrons. The highest BCUT2D eigenvalue weighted by molar-refractivity contribution is 7.09. The summed E-state index contributed by atoms with van der Waals surface area (Å²) in [7, 11) is 2.13. The number of hydrogen-bond acceptors (Lipinski definition) is 5. The number of benzene rings is 2. The third-order valence-electron chi connectivity index (χ3n) is 5.57. The monoisotopic (exact) mass is 428 g/mol. The first kappa shape index (κ1) is 19.7. The van der Waals surface area contributed by atoms with E-state index in [4.69, 9.17) is 9.52 Å². The van der Waals surface area contributed by atoms with Crippen LogP contribution in [0.5, 0.6) is 0 Å². The van der Waals surface area contributed by atoms with Crippen molar-refractivity contribution in [1.82, 2.24) is 19.7 Å². The van der Waals surface area contributed by atoms with E-state index in [0.29, 0.717) is 0 Å². The van der Waals surface area contributed by atoms with Crippen LogP contribution in [0.15, 0.2) is 82.9 Å². The molecule has 0 aliphatic rings. The molecule has 1 atom stereocenters. The fourth-order valence-corrected chi connectivity index (χ4v) is 4.53. The Hall–Kier alpha value is -3.22. The predicted molar refractivity (Wildman–Crippen MR) is 125 cm³/mol. The van der Waals surface area contributed by atoms with Crippen LogP contribution in [-0.4, -0.2) is 26.7 Å². The molecule has 31 heavy (non-hydrogen) atoms. The van der Waals surface area contributed by atoms with Crippen LogP contribution in [0, 0.1) is 0 Å². The summed E-state index contributed by atoms with van der Waals surface area (Å²) in [5, 5.41) is 9.16. The van der Waals surface area contributed by atoms with Crippen molar-refractivity contribution in [3.8, 4) is 11.5 Å². The van der Waals surface area contributed by atoms with Gasteiger partial charge in [-0.3, -0.25) is 9.58 Å². The molecule has 0 aliphatic carbocycles. The molecule has 0 spiro atoms. The van der Waals surface area contributed by atoms with Gasteiger partial charge in [-0.15, -0.1) is 11.3 Å². The fraction of sp³-hybridized carbons (Fsp3) is 0.200. The Kier molecular flexibility index (Phi) is 5.40. The summed E-state index contributed by atoms with van der Waals surface area (Å²) >= 11 is 1.69. The van der Waals surface area contributed by atoms with Crippen LogP contribution in [0.2, 0.25) is 0 Å². The van der Waals surface area contributed by atoms with Gasteiger partial charge < -0.3 is 4.42 Å². The lowest BCUT2D eigenvalue weighted by atomic mass is 10.1. The minimum absolute atomic E-state index is 0.223. The highest BCUT2D eigenvalue weighted by Gasteiger charge is 2.20. The highest BCUT2D eigenvalue weighted by atomic mass is 32.1. The predicted octanol–water partition coefficient (Wildman–Crippen LogP) is 5.99. The molecule has 0 bridgehead atoms. The molecule has 0 amide bonds. The molecular formula is C25H24N4OS. The second kappa shape index (κ2) is 8.49. The molecule has 6 heteroatoms. The smallest absolute Gasteiger partial charge is 0.156 e. The highest BCUT2D eigenvalue weighted by Crippen LogP contribution is 2.31. The normalized spacial score (nSPS) is 12.6. The Balaban J connectivity index is 1.50. The molecule has 5 aromatic rings. The van der Waals surface area contributed by atoms with E-state index in [-0.39, 0.29) is 6.04 Å². The van der Waals surface area contributed by atoms with E-state index in [1.165, 1.54) is 5.56 Å². The van der Waals surface area contributed by atoms with Gasteiger partial charge in [0.05, 0.1) is 12.6 Å². The van der Waals surface area contributed by atoms with Crippen LogP contribution in [-0.2, 0) is 13.1 Å². The van der Waals surface area contributed by atoms with Gasteiger partial charge >= 0.3 is 0 Å². The molecule has 3 aromatic heterocycles. The van der Waals surface area contributed by atoms with Gasteiger partial charge in [0.1, 0.15) is 16.3 Å². The number of thiazole rings is 1. The van der Waals surface area contributed by atoms with Gasteiger partial charge in [0.2, 0.25) is 0 Å². The van der Waals surface area contributed by atoms with E-state index in [1.54, 1.807) is 11.3 Å². The summed E-state index contributed by atoms with van der Waals surface area (Å²) in [4.78, 5) is 6.79. The largest absolute Gasteiger partial charge is 0.454 e. The van der Waals surface area contributed by atoms with Gasteiger partial charge in [0.25, 0.3) is 0 Å². The first-order chi connectivity index (χ1) is 15.2. The molecule has 3 heterocycles. The van der Waals surface area contributed by atoms with Gasteiger partial charge in [-0.25, -0.2) is 4.98 Å². The van der Waals surface area contributed by atoms with Gasteiger partial charge in [-0.1, -0.05) is 48.5 Å². The summed E-state index contributed by atoms with van der Waals surface area (Å²) in [5.74, 6) is 0.804. The van der Waals surface area contributed by atoms with Crippen molar-refractivity contribution < 1.29 is 4.42 Å². The molecular weight excluding hydrogens is 404 g/mol. The summed E-state index contributed by atoms with van der Waals surface area (Å²) in [5.41, 5.74) is 4.13. The zero-order valence-electron chi connectivity index (χ0n) is 17.6. The molecule has 5 nitrogen and oxygen atoms in total. The molecule has 2 aromatic carbocycles. The third-order valence-corrected chi connectivity index (χ3v) is 6.52. The zero-order valence-corrected chi connectivity index (χ0v) is 18.4. The van der Waals surface area contributed by atoms with E-state index in [1.807, 2.05) is 40.5 Å². The van der Waals surface area contributed by atoms with Crippen molar-refractivity contribution in [2.75, 3.05) is 7.05 Å². The lowest BCUT2D eigenvalue weighted by molar-refractivity contribution is 0.252. The number of furan rings is 1. The molecule has 0 fully saturated rings. The number of nitrogens with zero attached hydrogens (tertiary/aromatic N) is 4. The van der Waals surface area contributed by atoms with Crippen LogP contribution < -0.4 is 0 Å². The minimum atomic E-state index is 0.223. The Morgan fingerprint density at radius 2 is 1.90 bits per heavy atom. The molecule has 0 unspecified atom stereocenters. The van der Waals surface area contributed by atoms with Crippen molar-refractivity contribution in [3.63, 3.8) is 0 Å². The number of hydrogen-bond donors (Lipinski definition) is 0. The van der Waals surface area contributed by atoms with Crippen molar-refractivity contribution >= 4 is 22.3 Å². The molecule has 5 rings (SSSR count). The fourth-order valence-electron chi connectivity index (χ4n) is 3.77. The average molecular weight is 429 g/mol. The van der Waals surface area contributed by atoms with E-state index in [0.717, 1.165) is 46.1 Å². The maximum Gasteiger partial charge on any atom is 0.156 e. The van der Waals surface area contributed by atoms with E-state index in [2.05, 4.69) is 66.5 Å². The van der Waals surface area contributed by atoms with Crippen LogP contribution >= 0.6 is 11.3 Å². The quantitative estimate of drug-likeness (QED) is 0.319. The van der Waals surface area contributed by atoms with Crippen LogP contribution in [0.1, 0.15) is 29.1 Å². The summed E-state index contributed by atoms with van der Waals surface area (Å²) < 4.78 is 8.18. The van der Waals surface area contributed by atoms with E-state index < -0.39 is 0 Å². The summed E-state index contributed by atoms with van der Waals surface area (Å²) in [6.45, 7) is 3.66. The molecule has 0 N–H and O–H groups in total. The first-order valence-electron chi connectivity index (χ1n) is 10.4. The second-order valence-corrected chi connectivity index (χ2v) is 8.72. The van der Waals surface area contributed by atoms with Gasteiger partial charge in [0.15, 0.2) is 5.76 Å². The average Bonchev–Trinajstić information content (AvgIpc) is 3.53. The van der Waals surface area contributed by atoms with E-state index >= 15 is 0 Å². The number of para-hydroxylation sites is 1. The topological polar surface area (TPSA) is 47.1 Å². The van der Waals surface area contributed by atoms with Crippen LogP contribution in [0.25, 0.3) is 22.4 Å². The SMILES string of the molecule is C[C@H](c1nccs1)N(C)Cc1cn(Cc2ccccc2)nc1-c1cc2ccccc2o1. The maximum atomic E-state index is 6.17. The minimum Gasteiger partial charge on any atom is -0.454 e. The molecule has 0 aliphatic heterocycles. The maximum absolute atomic E-state index is 6.17. The van der Waals surface area contributed by atoms with Gasteiger partial charge in [-0.2, -0.15) is 5.10 Å². The van der Waals surface area contributed by atoms with Gasteiger partial charge in [-0.05, 0) is 31.7 Å². The van der Waals surface area contributed by atoms with Crippen molar-refractivity contribution in [2.24, 2.45) is 0 Å². The number of fused-ring (bicyclic) bond motifs is 1. The molecule has 0 saturated heterocycles. The number of rotatable bonds is 7.